The van der Waals surface area contributed by atoms with Crippen LogP contribution in [0.2, 0.25) is 0 Å². The fourth-order valence-corrected chi connectivity index (χ4v) is 3.29. The van der Waals surface area contributed by atoms with Crippen molar-refractivity contribution in [1.82, 2.24) is 0 Å². The Kier molecular flexibility index (Phi) is 18.9. The lowest BCUT2D eigenvalue weighted by atomic mass is 10.1. The maximum Gasteiger partial charge on any atom is 0.305 e. The molecule has 180 valence electrons. The molecule has 6 heteroatoms. The molecular weight excluding hydrogens is 396 g/mol. The molecule has 0 aliphatic heterocycles. The number of hydrogen-bond acceptors (Lipinski definition) is 6. The minimum atomic E-state index is -0.403. The summed E-state index contributed by atoms with van der Waals surface area (Å²) in [6, 6.07) is 0. The molecule has 0 N–H and O–H groups in total. The number of unbranched alkanes of at least 4 members (excludes halogenated alkanes) is 8. The molecule has 0 aromatic rings. The van der Waals surface area contributed by atoms with Crippen LogP contribution in [0.25, 0.3) is 0 Å². The lowest BCUT2D eigenvalue weighted by molar-refractivity contribution is -0.156. The standard InChI is InChI=1S/C25H44O6/c1-5-6-7-14-17-24(31-23(4)27)18-15-12-10-8-9-11-13-16-19-25(28)29-20-21(2)30-22(3)26/h12,15,21,24H,5-11,13-14,16-20H2,1-4H3. The van der Waals surface area contributed by atoms with Crippen LogP contribution in [0.4, 0.5) is 0 Å². The van der Waals surface area contributed by atoms with E-state index >= 15 is 0 Å². The van der Waals surface area contributed by atoms with Crippen molar-refractivity contribution in [2.45, 2.75) is 123 Å². The van der Waals surface area contributed by atoms with Crippen molar-refractivity contribution in [1.29, 1.82) is 0 Å². The third-order valence-electron chi connectivity index (χ3n) is 4.88. The molecule has 0 spiro atoms. The van der Waals surface area contributed by atoms with Crippen molar-refractivity contribution in [3.8, 4) is 0 Å². The molecule has 0 radical (unpaired) electrons. The van der Waals surface area contributed by atoms with Crippen LogP contribution in [-0.4, -0.2) is 36.7 Å². The minimum absolute atomic E-state index is 0.00220. The summed E-state index contributed by atoms with van der Waals surface area (Å²) < 4.78 is 15.4. The van der Waals surface area contributed by atoms with Crippen molar-refractivity contribution in [2.75, 3.05) is 6.61 Å². The summed E-state index contributed by atoms with van der Waals surface area (Å²) in [5.74, 6) is -0.805. The zero-order valence-corrected chi connectivity index (χ0v) is 20.2. The zero-order valence-electron chi connectivity index (χ0n) is 20.2. The van der Waals surface area contributed by atoms with E-state index in [-0.39, 0.29) is 30.6 Å². The number of allylic oxidation sites excluding steroid dienone is 1. The molecule has 0 aromatic heterocycles. The number of carbonyl (C=O) groups excluding carboxylic acids is 3. The Labute approximate surface area is 189 Å². The highest BCUT2D eigenvalue weighted by atomic mass is 16.6. The van der Waals surface area contributed by atoms with Crippen molar-refractivity contribution < 1.29 is 28.6 Å². The summed E-state index contributed by atoms with van der Waals surface area (Å²) in [6.07, 6.45) is 17.0. The van der Waals surface area contributed by atoms with Crippen molar-refractivity contribution in [3.63, 3.8) is 0 Å². The third kappa shape index (κ3) is 21.2. The predicted molar refractivity (Wildman–Crippen MR) is 123 cm³/mol. The van der Waals surface area contributed by atoms with Crippen molar-refractivity contribution in [3.05, 3.63) is 12.2 Å². The van der Waals surface area contributed by atoms with Crippen LogP contribution >= 0.6 is 0 Å². The van der Waals surface area contributed by atoms with Crippen molar-refractivity contribution in [2.24, 2.45) is 0 Å². The Balaban J connectivity index is 3.70. The van der Waals surface area contributed by atoms with Crippen LogP contribution in [-0.2, 0) is 28.6 Å². The van der Waals surface area contributed by atoms with Gasteiger partial charge in [0, 0.05) is 26.7 Å². The maximum absolute atomic E-state index is 11.7. The number of esters is 3. The first-order valence-electron chi connectivity index (χ1n) is 12.0. The Morgan fingerprint density at radius 1 is 0.806 bits per heavy atom. The molecule has 0 aliphatic rings. The van der Waals surface area contributed by atoms with E-state index in [2.05, 4.69) is 19.1 Å². The summed E-state index contributed by atoms with van der Waals surface area (Å²) in [6.45, 7) is 6.82. The SMILES string of the molecule is CCCCCCC(CC=CCCCCCCCC(=O)OCC(C)OC(C)=O)OC(C)=O. The van der Waals surface area contributed by atoms with Gasteiger partial charge in [0.05, 0.1) is 0 Å². The molecule has 0 saturated carbocycles. The largest absolute Gasteiger partial charge is 0.462 e. The van der Waals surface area contributed by atoms with Gasteiger partial charge in [-0.15, -0.1) is 0 Å². The second-order valence-electron chi connectivity index (χ2n) is 8.20. The number of hydrogen-bond donors (Lipinski definition) is 0. The van der Waals surface area contributed by atoms with E-state index in [1.54, 1.807) is 6.92 Å². The highest BCUT2D eigenvalue weighted by Gasteiger charge is 2.10. The second kappa shape index (κ2) is 20.1. The van der Waals surface area contributed by atoms with Gasteiger partial charge in [-0.25, -0.2) is 0 Å². The van der Waals surface area contributed by atoms with Gasteiger partial charge in [0.15, 0.2) is 0 Å². The van der Waals surface area contributed by atoms with Crippen molar-refractivity contribution >= 4 is 17.9 Å². The predicted octanol–water partition coefficient (Wildman–Crippen LogP) is 6.06. The van der Waals surface area contributed by atoms with E-state index in [1.807, 2.05) is 0 Å². The summed E-state index contributed by atoms with van der Waals surface area (Å²) >= 11 is 0. The fourth-order valence-electron chi connectivity index (χ4n) is 3.29. The molecule has 0 amide bonds. The van der Waals surface area contributed by atoms with Crippen LogP contribution in [0.15, 0.2) is 12.2 Å². The van der Waals surface area contributed by atoms with Gasteiger partial charge in [-0.2, -0.15) is 0 Å². The maximum atomic E-state index is 11.7. The first-order valence-corrected chi connectivity index (χ1v) is 12.0. The molecular formula is C25H44O6. The molecule has 0 rings (SSSR count). The molecule has 6 nitrogen and oxygen atoms in total. The van der Waals surface area contributed by atoms with Gasteiger partial charge in [0.1, 0.15) is 18.8 Å². The first-order chi connectivity index (χ1) is 14.8. The van der Waals surface area contributed by atoms with Gasteiger partial charge in [-0.3, -0.25) is 14.4 Å². The van der Waals surface area contributed by atoms with E-state index in [0.717, 1.165) is 57.8 Å². The van der Waals surface area contributed by atoms with Crippen LogP contribution in [0.3, 0.4) is 0 Å². The van der Waals surface area contributed by atoms with Gasteiger partial charge >= 0.3 is 17.9 Å². The van der Waals surface area contributed by atoms with E-state index < -0.39 is 6.10 Å². The monoisotopic (exact) mass is 440 g/mol. The molecule has 0 heterocycles. The second-order valence-corrected chi connectivity index (χ2v) is 8.20. The topological polar surface area (TPSA) is 78.9 Å². The highest BCUT2D eigenvalue weighted by molar-refractivity contribution is 5.69. The van der Waals surface area contributed by atoms with E-state index in [0.29, 0.717) is 6.42 Å². The Morgan fingerprint density at radius 2 is 1.45 bits per heavy atom. The number of carbonyl (C=O) groups is 3. The fraction of sp³-hybridized carbons (Fsp3) is 0.800. The highest BCUT2D eigenvalue weighted by Crippen LogP contribution is 2.13. The van der Waals surface area contributed by atoms with Gasteiger partial charge in [0.25, 0.3) is 0 Å². The number of ether oxygens (including phenoxy) is 3. The van der Waals surface area contributed by atoms with Crippen LogP contribution < -0.4 is 0 Å². The van der Waals surface area contributed by atoms with Gasteiger partial charge < -0.3 is 14.2 Å². The minimum Gasteiger partial charge on any atom is -0.462 e. The summed E-state index contributed by atoms with van der Waals surface area (Å²) in [7, 11) is 0. The summed E-state index contributed by atoms with van der Waals surface area (Å²) in [5.41, 5.74) is 0. The van der Waals surface area contributed by atoms with Crippen LogP contribution in [0, 0.1) is 0 Å². The van der Waals surface area contributed by atoms with E-state index in [4.69, 9.17) is 14.2 Å². The normalized spacial score (nSPS) is 13.0. The zero-order chi connectivity index (χ0) is 23.3. The molecule has 0 aromatic carbocycles. The molecule has 0 fully saturated rings. The molecule has 0 saturated heterocycles. The van der Waals surface area contributed by atoms with Gasteiger partial charge in [-0.1, -0.05) is 57.6 Å². The Morgan fingerprint density at radius 3 is 2.13 bits per heavy atom. The average molecular weight is 441 g/mol. The molecule has 0 aliphatic carbocycles. The number of rotatable bonds is 19. The molecule has 0 bridgehead atoms. The Bertz CT molecular complexity index is 514. The van der Waals surface area contributed by atoms with Crippen LogP contribution in [0.1, 0.15) is 111 Å². The average Bonchev–Trinajstić information content (AvgIpc) is 2.69. The first kappa shape index (κ1) is 29.1. The van der Waals surface area contributed by atoms with Gasteiger partial charge in [0.2, 0.25) is 0 Å². The Hall–Kier alpha value is -1.85. The smallest absolute Gasteiger partial charge is 0.305 e. The summed E-state index contributed by atoms with van der Waals surface area (Å²) in [4.78, 5) is 33.7. The van der Waals surface area contributed by atoms with Crippen LogP contribution in [0.5, 0.6) is 0 Å². The molecule has 2 unspecified atom stereocenters. The third-order valence-corrected chi connectivity index (χ3v) is 4.88. The molecule has 31 heavy (non-hydrogen) atoms. The van der Waals surface area contributed by atoms with E-state index in [1.165, 1.54) is 33.1 Å². The lowest BCUT2D eigenvalue weighted by Gasteiger charge is -2.15. The van der Waals surface area contributed by atoms with Gasteiger partial charge in [-0.05, 0) is 39.0 Å². The van der Waals surface area contributed by atoms with E-state index in [9.17, 15) is 14.4 Å². The lowest BCUT2D eigenvalue weighted by Crippen LogP contribution is -2.21. The summed E-state index contributed by atoms with van der Waals surface area (Å²) in [5, 5.41) is 0. The molecule has 2 atom stereocenters. The quantitative estimate of drug-likeness (QED) is 0.105.